The molecule has 0 spiro atoms. The van der Waals surface area contributed by atoms with E-state index in [-0.39, 0.29) is 6.17 Å². The summed E-state index contributed by atoms with van der Waals surface area (Å²) >= 11 is 6.87. The van der Waals surface area contributed by atoms with Gasteiger partial charge in [0.25, 0.3) is 0 Å². The Bertz CT molecular complexity index is 719. The Balaban J connectivity index is 2.07. The van der Waals surface area contributed by atoms with Crippen LogP contribution in [0.15, 0.2) is 41.8 Å². The Kier molecular flexibility index (Phi) is 3.62. The minimum absolute atomic E-state index is 0.164. The van der Waals surface area contributed by atoms with Crippen LogP contribution in [0.5, 0.6) is 0 Å². The fourth-order valence-electron chi connectivity index (χ4n) is 1.97. The largest absolute Gasteiger partial charge is 0.366 e. The van der Waals surface area contributed by atoms with Crippen molar-refractivity contribution in [2.45, 2.75) is 6.17 Å². The van der Waals surface area contributed by atoms with E-state index < -0.39 is 0 Å². The van der Waals surface area contributed by atoms with Crippen molar-refractivity contribution >= 4 is 39.7 Å². The minimum Gasteiger partial charge on any atom is -0.366 e. The molecule has 3 rings (SSSR count). The van der Waals surface area contributed by atoms with Gasteiger partial charge in [0.05, 0.1) is 5.52 Å². The number of thiocarbonyl (C=S) groups is 1. The molecule has 102 valence electrons. The van der Waals surface area contributed by atoms with Crippen molar-refractivity contribution < 1.29 is 0 Å². The van der Waals surface area contributed by atoms with E-state index in [1.807, 2.05) is 40.4 Å². The van der Waals surface area contributed by atoms with Gasteiger partial charge in [-0.3, -0.25) is 0 Å². The highest BCUT2D eigenvalue weighted by Crippen LogP contribution is 2.23. The van der Waals surface area contributed by atoms with Crippen LogP contribution in [0.25, 0.3) is 11.0 Å². The van der Waals surface area contributed by atoms with Crippen LogP contribution in [0.3, 0.4) is 0 Å². The molecule has 0 saturated carbocycles. The smallest absolute Gasteiger partial charge is 0.167 e. The number of rotatable bonds is 3. The number of nitrogens with zero attached hydrogens (tertiary/aromatic N) is 3. The van der Waals surface area contributed by atoms with Gasteiger partial charge in [-0.2, -0.15) is 0 Å². The fourth-order valence-corrected chi connectivity index (χ4v) is 2.84. The van der Waals surface area contributed by atoms with Crippen molar-refractivity contribution in [2.75, 3.05) is 7.05 Å². The van der Waals surface area contributed by atoms with Crippen LogP contribution in [-0.2, 0) is 0 Å². The Morgan fingerprint density at radius 1 is 1.30 bits per heavy atom. The lowest BCUT2D eigenvalue weighted by molar-refractivity contribution is 0.499. The first-order chi connectivity index (χ1) is 9.79. The third-order valence-corrected chi connectivity index (χ3v) is 4.18. The predicted octanol–water partition coefficient (Wildman–Crippen LogP) is 2.13. The number of para-hydroxylation sites is 1. The van der Waals surface area contributed by atoms with Crippen LogP contribution in [0.4, 0.5) is 0 Å². The molecule has 2 heterocycles. The summed E-state index contributed by atoms with van der Waals surface area (Å²) in [4.78, 5) is 1.12. The van der Waals surface area contributed by atoms with E-state index in [2.05, 4.69) is 27.0 Å². The quantitative estimate of drug-likeness (QED) is 0.726. The highest BCUT2D eigenvalue weighted by Gasteiger charge is 2.19. The number of benzene rings is 1. The second kappa shape index (κ2) is 5.56. The summed E-state index contributed by atoms with van der Waals surface area (Å²) in [5.41, 5.74) is 1.84. The second-order valence-electron chi connectivity index (χ2n) is 4.16. The van der Waals surface area contributed by atoms with E-state index in [9.17, 15) is 0 Å². The summed E-state index contributed by atoms with van der Waals surface area (Å²) in [5, 5.41) is 17.3. The first kappa shape index (κ1) is 13.0. The van der Waals surface area contributed by atoms with Crippen LogP contribution < -0.4 is 10.6 Å². The topological polar surface area (TPSA) is 54.8 Å². The highest BCUT2D eigenvalue weighted by molar-refractivity contribution is 7.80. The minimum atomic E-state index is -0.164. The Labute approximate surface area is 125 Å². The zero-order valence-corrected chi connectivity index (χ0v) is 12.4. The van der Waals surface area contributed by atoms with Gasteiger partial charge in [0.15, 0.2) is 11.3 Å². The lowest BCUT2D eigenvalue weighted by Gasteiger charge is -2.19. The first-order valence-corrected chi connectivity index (χ1v) is 7.40. The third-order valence-electron chi connectivity index (χ3n) is 2.93. The van der Waals surface area contributed by atoms with Gasteiger partial charge in [0.2, 0.25) is 0 Å². The summed E-state index contributed by atoms with van der Waals surface area (Å²) < 4.78 is 1.85. The van der Waals surface area contributed by atoms with E-state index in [1.54, 1.807) is 18.4 Å². The van der Waals surface area contributed by atoms with Crippen molar-refractivity contribution in [3.05, 3.63) is 46.7 Å². The van der Waals surface area contributed by atoms with Crippen molar-refractivity contribution in [3.8, 4) is 0 Å². The normalized spacial score (nSPS) is 12.2. The van der Waals surface area contributed by atoms with E-state index in [0.717, 1.165) is 15.9 Å². The molecule has 1 aromatic carbocycles. The average Bonchev–Trinajstić information content (AvgIpc) is 3.14. The molecule has 0 aliphatic heterocycles. The van der Waals surface area contributed by atoms with Crippen LogP contribution in [-0.4, -0.2) is 27.2 Å². The molecule has 0 amide bonds. The number of fused-ring (bicyclic) bond motifs is 1. The van der Waals surface area contributed by atoms with Crippen molar-refractivity contribution in [1.82, 2.24) is 25.6 Å². The van der Waals surface area contributed by atoms with Gasteiger partial charge >= 0.3 is 0 Å². The van der Waals surface area contributed by atoms with Crippen molar-refractivity contribution in [2.24, 2.45) is 0 Å². The predicted molar refractivity (Wildman–Crippen MR) is 84.8 cm³/mol. The van der Waals surface area contributed by atoms with Gasteiger partial charge in [-0.1, -0.05) is 23.4 Å². The Morgan fingerprint density at radius 3 is 2.90 bits per heavy atom. The molecule has 0 radical (unpaired) electrons. The monoisotopic (exact) mass is 303 g/mol. The van der Waals surface area contributed by atoms with Crippen LogP contribution in [0.2, 0.25) is 0 Å². The van der Waals surface area contributed by atoms with Crippen LogP contribution in [0.1, 0.15) is 11.0 Å². The lowest BCUT2D eigenvalue weighted by Crippen LogP contribution is -2.38. The summed E-state index contributed by atoms with van der Waals surface area (Å²) in [5.74, 6) is 0. The van der Waals surface area contributed by atoms with Crippen molar-refractivity contribution in [1.29, 1.82) is 0 Å². The van der Waals surface area contributed by atoms with Gasteiger partial charge in [-0.25, -0.2) is 4.68 Å². The molecule has 0 saturated heterocycles. The number of aromatic nitrogens is 3. The molecule has 0 bridgehead atoms. The maximum atomic E-state index is 5.22. The maximum absolute atomic E-state index is 5.22. The standard InChI is InChI=1S/C13H13N5S2/c1-14-13(19)15-12(11-7-4-8-20-11)18-10-6-3-2-5-9(10)16-17-18/h2-8,12H,1H3,(H2,14,15,19). The average molecular weight is 303 g/mol. The molecular weight excluding hydrogens is 290 g/mol. The maximum Gasteiger partial charge on any atom is 0.167 e. The van der Waals surface area contributed by atoms with E-state index in [4.69, 9.17) is 12.2 Å². The van der Waals surface area contributed by atoms with Crippen LogP contribution >= 0.6 is 23.6 Å². The molecule has 1 unspecified atom stereocenters. The zero-order valence-electron chi connectivity index (χ0n) is 10.8. The fraction of sp³-hybridized carbons (Fsp3) is 0.154. The molecule has 0 aliphatic carbocycles. The van der Waals surface area contributed by atoms with Gasteiger partial charge in [-0.05, 0) is 35.8 Å². The SMILES string of the molecule is CNC(=S)NC(c1cccs1)n1nnc2ccccc21. The van der Waals surface area contributed by atoms with Crippen molar-refractivity contribution in [3.63, 3.8) is 0 Å². The molecule has 3 aromatic rings. The third kappa shape index (κ3) is 2.37. The van der Waals surface area contributed by atoms with E-state index in [0.29, 0.717) is 5.11 Å². The van der Waals surface area contributed by atoms with Gasteiger partial charge in [0.1, 0.15) is 5.52 Å². The number of hydrogen-bond acceptors (Lipinski definition) is 4. The molecular formula is C13H13N5S2. The highest BCUT2D eigenvalue weighted by atomic mass is 32.1. The van der Waals surface area contributed by atoms with E-state index >= 15 is 0 Å². The first-order valence-electron chi connectivity index (χ1n) is 6.11. The molecule has 2 N–H and O–H groups in total. The number of thiophene rings is 1. The van der Waals surface area contributed by atoms with Gasteiger partial charge in [-0.15, -0.1) is 16.4 Å². The molecule has 0 aliphatic rings. The molecule has 0 fully saturated rings. The lowest BCUT2D eigenvalue weighted by atomic mass is 10.3. The summed E-state index contributed by atoms with van der Waals surface area (Å²) in [7, 11) is 1.79. The van der Waals surface area contributed by atoms with Gasteiger partial charge < -0.3 is 10.6 Å². The molecule has 20 heavy (non-hydrogen) atoms. The Morgan fingerprint density at radius 2 is 2.15 bits per heavy atom. The molecule has 1 atom stereocenters. The number of hydrogen-bond donors (Lipinski definition) is 2. The molecule has 7 heteroatoms. The Hall–Kier alpha value is -1.99. The summed E-state index contributed by atoms with van der Waals surface area (Å²) in [6.45, 7) is 0. The second-order valence-corrected chi connectivity index (χ2v) is 5.55. The number of nitrogens with one attached hydrogen (secondary N) is 2. The summed E-state index contributed by atoms with van der Waals surface area (Å²) in [6, 6.07) is 11.9. The zero-order chi connectivity index (χ0) is 13.9. The molecule has 5 nitrogen and oxygen atoms in total. The summed E-state index contributed by atoms with van der Waals surface area (Å²) in [6.07, 6.45) is -0.164. The van der Waals surface area contributed by atoms with E-state index in [1.165, 1.54) is 0 Å². The molecule has 2 aromatic heterocycles. The van der Waals surface area contributed by atoms with Crippen LogP contribution in [0, 0.1) is 0 Å². The van der Waals surface area contributed by atoms with Gasteiger partial charge in [0, 0.05) is 11.9 Å².